The molecule has 0 radical (unpaired) electrons. The van der Waals surface area contributed by atoms with Crippen LogP contribution in [-0.2, 0) is 9.59 Å². The number of carboxylic acids is 1. The SMILES string of the molecule is CCCN1C(=O)CC(C(=O)O)C1c1ccc(N(C)C)cc1. The number of likely N-dealkylation sites (tertiary alicyclic amines) is 1. The molecule has 1 heterocycles. The van der Waals surface area contributed by atoms with Crippen molar-refractivity contribution >= 4 is 17.6 Å². The third kappa shape index (κ3) is 3.01. The van der Waals surface area contributed by atoms with Crippen molar-refractivity contribution in [3.05, 3.63) is 29.8 Å². The summed E-state index contributed by atoms with van der Waals surface area (Å²) in [5.41, 5.74) is 1.95. The molecule has 1 fully saturated rings. The standard InChI is InChI=1S/C16H22N2O3/c1-4-9-18-14(19)10-13(16(20)21)15(18)11-5-7-12(8-6-11)17(2)3/h5-8,13,15H,4,9-10H2,1-3H3,(H,20,21). The number of aliphatic carboxylic acids is 1. The molecule has 21 heavy (non-hydrogen) atoms. The highest BCUT2D eigenvalue weighted by Crippen LogP contribution is 2.38. The second kappa shape index (κ2) is 6.16. The quantitative estimate of drug-likeness (QED) is 0.902. The van der Waals surface area contributed by atoms with Crippen molar-refractivity contribution in [2.75, 3.05) is 25.5 Å². The molecule has 2 rings (SSSR count). The van der Waals surface area contributed by atoms with Crippen molar-refractivity contribution in [1.29, 1.82) is 0 Å². The molecule has 0 bridgehead atoms. The molecule has 114 valence electrons. The zero-order chi connectivity index (χ0) is 15.6. The lowest BCUT2D eigenvalue weighted by molar-refractivity contribution is -0.142. The van der Waals surface area contributed by atoms with Crippen LogP contribution in [0.5, 0.6) is 0 Å². The third-order valence-electron chi connectivity index (χ3n) is 3.96. The van der Waals surface area contributed by atoms with Crippen molar-refractivity contribution in [1.82, 2.24) is 4.90 Å². The second-order valence-electron chi connectivity index (χ2n) is 5.67. The topological polar surface area (TPSA) is 60.9 Å². The van der Waals surface area contributed by atoms with Crippen LogP contribution in [0.3, 0.4) is 0 Å². The molecule has 2 atom stereocenters. The summed E-state index contributed by atoms with van der Waals surface area (Å²) >= 11 is 0. The minimum absolute atomic E-state index is 0.0639. The van der Waals surface area contributed by atoms with Crippen molar-refractivity contribution in [3.8, 4) is 0 Å². The van der Waals surface area contributed by atoms with Gasteiger partial charge in [-0.05, 0) is 24.1 Å². The number of nitrogens with zero attached hydrogens (tertiary/aromatic N) is 2. The molecule has 5 nitrogen and oxygen atoms in total. The van der Waals surface area contributed by atoms with Gasteiger partial charge in [-0.15, -0.1) is 0 Å². The highest BCUT2D eigenvalue weighted by atomic mass is 16.4. The maximum Gasteiger partial charge on any atom is 0.309 e. The molecule has 1 aliphatic heterocycles. The Balaban J connectivity index is 2.35. The van der Waals surface area contributed by atoms with Gasteiger partial charge in [0, 0.05) is 32.7 Å². The van der Waals surface area contributed by atoms with Crippen molar-refractivity contribution in [3.63, 3.8) is 0 Å². The lowest BCUT2D eigenvalue weighted by Gasteiger charge is -2.27. The van der Waals surface area contributed by atoms with Gasteiger partial charge in [0.15, 0.2) is 0 Å². The first kappa shape index (κ1) is 15.4. The number of rotatable bonds is 5. The molecule has 1 aliphatic rings. The van der Waals surface area contributed by atoms with Gasteiger partial charge >= 0.3 is 5.97 Å². The first-order chi connectivity index (χ1) is 9.95. The summed E-state index contributed by atoms with van der Waals surface area (Å²) in [6.45, 7) is 2.59. The Hall–Kier alpha value is -2.04. The number of hydrogen-bond acceptors (Lipinski definition) is 3. The van der Waals surface area contributed by atoms with Gasteiger partial charge < -0.3 is 14.9 Å². The van der Waals surface area contributed by atoms with Gasteiger partial charge in [0.25, 0.3) is 0 Å². The molecule has 1 aromatic rings. The first-order valence-electron chi connectivity index (χ1n) is 7.25. The second-order valence-corrected chi connectivity index (χ2v) is 5.67. The van der Waals surface area contributed by atoms with Gasteiger partial charge in [-0.25, -0.2) is 0 Å². The van der Waals surface area contributed by atoms with Crippen LogP contribution in [0.25, 0.3) is 0 Å². The van der Waals surface area contributed by atoms with Crippen LogP contribution in [0.2, 0.25) is 0 Å². The largest absolute Gasteiger partial charge is 0.481 e. The molecule has 1 saturated heterocycles. The van der Waals surface area contributed by atoms with Crippen molar-refractivity contribution in [2.45, 2.75) is 25.8 Å². The Kier molecular flexibility index (Phi) is 4.50. The Morgan fingerprint density at radius 1 is 1.33 bits per heavy atom. The Labute approximate surface area is 125 Å². The predicted octanol–water partition coefficient (Wildman–Crippen LogP) is 2.14. The van der Waals surface area contributed by atoms with Gasteiger partial charge in [0.2, 0.25) is 5.91 Å². The maximum atomic E-state index is 12.1. The maximum absolute atomic E-state index is 12.1. The highest BCUT2D eigenvalue weighted by Gasteiger charge is 2.44. The average Bonchev–Trinajstić information content (AvgIpc) is 2.77. The summed E-state index contributed by atoms with van der Waals surface area (Å²) in [7, 11) is 3.91. The lowest BCUT2D eigenvalue weighted by atomic mass is 9.93. The molecular formula is C16H22N2O3. The van der Waals surface area contributed by atoms with Crippen LogP contribution >= 0.6 is 0 Å². The first-order valence-corrected chi connectivity index (χ1v) is 7.25. The fourth-order valence-electron chi connectivity index (χ4n) is 2.90. The molecular weight excluding hydrogens is 268 g/mol. The number of benzene rings is 1. The van der Waals surface area contributed by atoms with Crippen LogP contribution < -0.4 is 4.90 Å². The number of carbonyl (C=O) groups excluding carboxylic acids is 1. The molecule has 0 aromatic heterocycles. The molecule has 1 N–H and O–H groups in total. The number of hydrogen-bond donors (Lipinski definition) is 1. The van der Waals surface area contributed by atoms with Crippen LogP contribution in [0.1, 0.15) is 31.4 Å². The van der Waals surface area contributed by atoms with Crippen LogP contribution in [-0.4, -0.2) is 42.5 Å². The van der Waals surface area contributed by atoms with E-state index in [9.17, 15) is 14.7 Å². The number of anilines is 1. The minimum Gasteiger partial charge on any atom is -0.481 e. The summed E-state index contributed by atoms with van der Waals surface area (Å²) in [6.07, 6.45) is 0.916. The minimum atomic E-state index is -0.899. The Morgan fingerprint density at radius 2 is 1.95 bits per heavy atom. The Morgan fingerprint density at radius 3 is 2.43 bits per heavy atom. The van der Waals surface area contributed by atoms with Gasteiger partial charge in [0.1, 0.15) is 0 Å². The molecule has 0 aliphatic carbocycles. The van der Waals surface area contributed by atoms with E-state index in [1.54, 1.807) is 4.90 Å². The lowest BCUT2D eigenvalue weighted by Crippen LogP contribution is -2.31. The predicted molar refractivity (Wildman–Crippen MR) is 81.3 cm³/mol. The smallest absolute Gasteiger partial charge is 0.309 e. The zero-order valence-electron chi connectivity index (χ0n) is 12.7. The van der Waals surface area contributed by atoms with E-state index in [0.717, 1.165) is 17.7 Å². The van der Waals surface area contributed by atoms with Crippen molar-refractivity contribution < 1.29 is 14.7 Å². The molecule has 1 aromatic carbocycles. The molecule has 0 saturated carbocycles. The molecule has 2 unspecified atom stereocenters. The normalized spacial score (nSPS) is 21.7. The van der Waals surface area contributed by atoms with E-state index >= 15 is 0 Å². The summed E-state index contributed by atoms with van der Waals surface area (Å²) < 4.78 is 0. The summed E-state index contributed by atoms with van der Waals surface area (Å²) in [4.78, 5) is 27.3. The summed E-state index contributed by atoms with van der Waals surface area (Å²) in [6, 6.07) is 7.42. The van der Waals surface area contributed by atoms with Gasteiger partial charge in [-0.1, -0.05) is 19.1 Å². The van der Waals surface area contributed by atoms with E-state index in [1.807, 2.05) is 50.2 Å². The zero-order valence-corrected chi connectivity index (χ0v) is 12.7. The highest BCUT2D eigenvalue weighted by molar-refractivity contribution is 5.87. The number of amides is 1. The van der Waals surface area contributed by atoms with E-state index in [4.69, 9.17) is 0 Å². The van der Waals surface area contributed by atoms with E-state index in [2.05, 4.69) is 0 Å². The van der Waals surface area contributed by atoms with Crippen LogP contribution in [0.4, 0.5) is 5.69 Å². The fraction of sp³-hybridized carbons (Fsp3) is 0.500. The van der Waals surface area contributed by atoms with Gasteiger partial charge in [0.05, 0.1) is 12.0 Å². The van der Waals surface area contributed by atoms with Gasteiger partial charge in [-0.2, -0.15) is 0 Å². The summed E-state index contributed by atoms with van der Waals surface area (Å²) in [5.74, 6) is -1.62. The van der Waals surface area contributed by atoms with E-state index in [0.29, 0.717) is 6.54 Å². The van der Waals surface area contributed by atoms with E-state index < -0.39 is 11.9 Å². The van der Waals surface area contributed by atoms with E-state index in [-0.39, 0.29) is 18.4 Å². The molecule has 0 spiro atoms. The van der Waals surface area contributed by atoms with E-state index in [1.165, 1.54) is 0 Å². The summed E-state index contributed by atoms with van der Waals surface area (Å²) in [5, 5.41) is 9.40. The molecule has 5 heteroatoms. The third-order valence-corrected chi connectivity index (χ3v) is 3.96. The van der Waals surface area contributed by atoms with Crippen LogP contribution in [0, 0.1) is 5.92 Å². The number of carboxylic acid groups (broad SMARTS) is 1. The fourth-order valence-corrected chi connectivity index (χ4v) is 2.90. The average molecular weight is 290 g/mol. The Bertz CT molecular complexity index is 525. The van der Waals surface area contributed by atoms with Crippen molar-refractivity contribution in [2.24, 2.45) is 5.92 Å². The van der Waals surface area contributed by atoms with Gasteiger partial charge in [-0.3, -0.25) is 9.59 Å². The number of carbonyl (C=O) groups is 2. The monoisotopic (exact) mass is 290 g/mol. The molecule has 1 amide bonds. The van der Waals surface area contributed by atoms with Crippen LogP contribution in [0.15, 0.2) is 24.3 Å².